The fourth-order valence-corrected chi connectivity index (χ4v) is 3.16. The average Bonchev–Trinajstić information content (AvgIpc) is 2.81. The van der Waals surface area contributed by atoms with Gasteiger partial charge in [-0.3, -0.25) is 19.3 Å². The Bertz CT molecular complexity index is 581. The first-order valence-corrected chi connectivity index (χ1v) is 8.71. The third kappa shape index (κ3) is 4.45. The standard InChI is InChI=1S/C17H20N2O3S/c1-2-9-18-15(20)12-23-11-6-5-10-19-16(21)13-7-3-4-8-14(13)17(19)22/h2-4,7-8H,1,5-6,9-12H2,(H,18,20). The van der Waals surface area contributed by atoms with E-state index in [2.05, 4.69) is 11.9 Å². The Labute approximate surface area is 140 Å². The smallest absolute Gasteiger partial charge is 0.261 e. The number of hydrogen-bond donors (Lipinski definition) is 1. The average molecular weight is 332 g/mol. The summed E-state index contributed by atoms with van der Waals surface area (Å²) in [5, 5.41) is 2.71. The molecule has 3 amide bonds. The molecular weight excluding hydrogens is 312 g/mol. The Morgan fingerprint density at radius 2 is 1.83 bits per heavy atom. The summed E-state index contributed by atoms with van der Waals surface area (Å²) in [4.78, 5) is 37.0. The second-order valence-electron chi connectivity index (χ2n) is 5.16. The highest BCUT2D eigenvalue weighted by atomic mass is 32.2. The molecule has 0 aromatic heterocycles. The van der Waals surface area contributed by atoms with Crippen molar-refractivity contribution in [2.75, 3.05) is 24.6 Å². The zero-order valence-electron chi connectivity index (χ0n) is 12.9. The van der Waals surface area contributed by atoms with Crippen molar-refractivity contribution >= 4 is 29.5 Å². The van der Waals surface area contributed by atoms with E-state index in [1.807, 2.05) is 0 Å². The number of nitrogens with one attached hydrogen (secondary N) is 1. The molecule has 1 aromatic carbocycles. The summed E-state index contributed by atoms with van der Waals surface area (Å²) in [6.45, 7) is 4.45. The van der Waals surface area contributed by atoms with Gasteiger partial charge in [-0.05, 0) is 30.7 Å². The lowest BCUT2D eigenvalue weighted by molar-refractivity contribution is -0.118. The molecular formula is C17H20N2O3S. The molecule has 1 N–H and O–H groups in total. The maximum atomic E-state index is 12.2. The molecule has 1 aliphatic rings. The van der Waals surface area contributed by atoms with Crippen molar-refractivity contribution in [3.8, 4) is 0 Å². The first-order valence-electron chi connectivity index (χ1n) is 7.55. The van der Waals surface area contributed by atoms with Crippen LogP contribution in [-0.2, 0) is 4.79 Å². The maximum Gasteiger partial charge on any atom is 0.261 e. The van der Waals surface area contributed by atoms with E-state index in [-0.39, 0.29) is 17.7 Å². The normalized spacial score (nSPS) is 13.1. The molecule has 0 bridgehead atoms. The summed E-state index contributed by atoms with van der Waals surface area (Å²) in [6, 6.07) is 6.91. The van der Waals surface area contributed by atoms with Crippen LogP contribution in [0.1, 0.15) is 33.6 Å². The van der Waals surface area contributed by atoms with E-state index in [0.717, 1.165) is 18.6 Å². The largest absolute Gasteiger partial charge is 0.352 e. The van der Waals surface area contributed by atoms with Gasteiger partial charge in [0.1, 0.15) is 0 Å². The Balaban J connectivity index is 1.66. The Kier molecular flexibility index (Phi) is 6.40. The first kappa shape index (κ1) is 17.3. The van der Waals surface area contributed by atoms with Crippen LogP contribution in [0.2, 0.25) is 0 Å². The van der Waals surface area contributed by atoms with Crippen molar-refractivity contribution in [1.82, 2.24) is 10.2 Å². The number of amides is 3. The van der Waals surface area contributed by atoms with Gasteiger partial charge in [0.15, 0.2) is 0 Å². The Hall–Kier alpha value is -2.08. The molecule has 2 rings (SSSR count). The van der Waals surface area contributed by atoms with Crippen LogP contribution < -0.4 is 5.32 Å². The SMILES string of the molecule is C=CCNC(=O)CSCCCCN1C(=O)c2ccccc2C1=O. The van der Waals surface area contributed by atoms with Crippen LogP contribution in [0, 0.1) is 0 Å². The van der Waals surface area contributed by atoms with Crippen LogP contribution in [0.3, 0.4) is 0 Å². The van der Waals surface area contributed by atoms with Gasteiger partial charge >= 0.3 is 0 Å². The van der Waals surface area contributed by atoms with Crippen molar-refractivity contribution in [2.45, 2.75) is 12.8 Å². The second kappa shape index (κ2) is 8.53. The van der Waals surface area contributed by atoms with Crippen molar-refractivity contribution in [3.05, 3.63) is 48.0 Å². The molecule has 0 spiro atoms. The van der Waals surface area contributed by atoms with Gasteiger partial charge in [-0.15, -0.1) is 6.58 Å². The summed E-state index contributed by atoms with van der Waals surface area (Å²) in [5.41, 5.74) is 0.983. The van der Waals surface area contributed by atoms with Gasteiger partial charge < -0.3 is 5.32 Å². The van der Waals surface area contributed by atoms with Crippen LogP contribution >= 0.6 is 11.8 Å². The maximum absolute atomic E-state index is 12.2. The van der Waals surface area contributed by atoms with Crippen LogP contribution in [0.25, 0.3) is 0 Å². The van der Waals surface area contributed by atoms with Crippen molar-refractivity contribution in [3.63, 3.8) is 0 Å². The highest BCUT2D eigenvalue weighted by Crippen LogP contribution is 2.22. The summed E-state index contributed by atoms with van der Waals surface area (Å²) < 4.78 is 0. The predicted octanol–water partition coefficient (Wildman–Crippen LogP) is 2.10. The van der Waals surface area contributed by atoms with Crippen molar-refractivity contribution in [1.29, 1.82) is 0 Å². The number of carbonyl (C=O) groups excluding carboxylic acids is 3. The zero-order chi connectivity index (χ0) is 16.7. The van der Waals surface area contributed by atoms with E-state index in [1.54, 1.807) is 42.1 Å². The summed E-state index contributed by atoms with van der Waals surface area (Å²) in [7, 11) is 0. The molecule has 0 unspecified atom stereocenters. The Morgan fingerprint density at radius 3 is 2.43 bits per heavy atom. The number of unbranched alkanes of at least 4 members (excludes halogenated alkanes) is 1. The topological polar surface area (TPSA) is 66.5 Å². The lowest BCUT2D eigenvalue weighted by Gasteiger charge is -2.13. The highest BCUT2D eigenvalue weighted by Gasteiger charge is 2.34. The minimum Gasteiger partial charge on any atom is -0.352 e. The molecule has 122 valence electrons. The molecule has 0 radical (unpaired) electrons. The highest BCUT2D eigenvalue weighted by molar-refractivity contribution is 7.99. The molecule has 5 nitrogen and oxygen atoms in total. The number of imide groups is 1. The van der Waals surface area contributed by atoms with Crippen LogP contribution in [0.5, 0.6) is 0 Å². The molecule has 23 heavy (non-hydrogen) atoms. The van der Waals surface area contributed by atoms with Crippen molar-refractivity contribution in [2.24, 2.45) is 0 Å². The molecule has 0 fully saturated rings. The summed E-state index contributed by atoms with van der Waals surface area (Å²) in [6.07, 6.45) is 3.24. The van der Waals surface area contributed by atoms with Gasteiger partial charge in [0.05, 0.1) is 16.9 Å². The fraction of sp³-hybridized carbons (Fsp3) is 0.353. The van der Waals surface area contributed by atoms with E-state index in [0.29, 0.717) is 30.0 Å². The van der Waals surface area contributed by atoms with Gasteiger partial charge in [0.25, 0.3) is 11.8 Å². The molecule has 0 atom stereocenters. The van der Waals surface area contributed by atoms with E-state index in [4.69, 9.17) is 0 Å². The minimum atomic E-state index is -0.206. The molecule has 0 aliphatic carbocycles. The molecule has 1 aromatic rings. The number of rotatable bonds is 9. The minimum absolute atomic E-state index is 0.00440. The lowest BCUT2D eigenvalue weighted by Crippen LogP contribution is -2.30. The van der Waals surface area contributed by atoms with E-state index < -0.39 is 0 Å². The van der Waals surface area contributed by atoms with Gasteiger partial charge in [0.2, 0.25) is 5.91 Å². The van der Waals surface area contributed by atoms with E-state index >= 15 is 0 Å². The molecule has 1 aliphatic heterocycles. The van der Waals surface area contributed by atoms with Gasteiger partial charge in [-0.25, -0.2) is 0 Å². The second-order valence-corrected chi connectivity index (χ2v) is 6.27. The van der Waals surface area contributed by atoms with Gasteiger partial charge in [-0.2, -0.15) is 11.8 Å². The van der Waals surface area contributed by atoms with Crippen LogP contribution in [0.15, 0.2) is 36.9 Å². The van der Waals surface area contributed by atoms with Crippen molar-refractivity contribution < 1.29 is 14.4 Å². The number of nitrogens with zero attached hydrogens (tertiary/aromatic N) is 1. The number of hydrogen-bond acceptors (Lipinski definition) is 4. The number of fused-ring (bicyclic) bond motifs is 1. The molecule has 1 heterocycles. The third-order valence-electron chi connectivity index (χ3n) is 3.48. The van der Waals surface area contributed by atoms with E-state index in [1.165, 1.54) is 4.90 Å². The lowest BCUT2D eigenvalue weighted by atomic mass is 10.1. The van der Waals surface area contributed by atoms with Gasteiger partial charge in [-0.1, -0.05) is 18.2 Å². The summed E-state index contributed by atoms with van der Waals surface area (Å²) in [5.74, 6) is 0.824. The third-order valence-corrected chi connectivity index (χ3v) is 4.52. The zero-order valence-corrected chi connectivity index (χ0v) is 13.7. The van der Waals surface area contributed by atoms with E-state index in [9.17, 15) is 14.4 Å². The first-order chi connectivity index (χ1) is 11.1. The molecule has 6 heteroatoms. The van der Waals surface area contributed by atoms with Crippen LogP contribution in [-0.4, -0.2) is 47.2 Å². The predicted molar refractivity (Wildman–Crippen MR) is 91.6 cm³/mol. The summed E-state index contributed by atoms with van der Waals surface area (Å²) >= 11 is 1.55. The van der Waals surface area contributed by atoms with Gasteiger partial charge in [0, 0.05) is 13.1 Å². The number of thioether (sulfide) groups is 1. The monoisotopic (exact) mass is 332 g/mol. The fourth-order valence-electron chi connectivity index (χ4n) is 2.32. The van der Waals surface area contributed by atoms with Crippen LogP contribution in [0.4, 0.5) is 0 Å². The Morgan fingerprint density at radius 1 is 1.17 bits per heavy atom. The number of carbonyl (C=O) groups is 3. The molecule has 0 saturated carbocycles. The molecule has 0 saturated heterocycles. The number of benzene rings is 1. The quantitative estimate of drug-likeness (QED) is 0.427.